The largest absolute Gasteiger partial charge is 0.465 e. The lowest BCUT2D eigenvalue weighted by atomic mass is 10.2. The van der Waals surface area contributed by atoms with E-state index in [-0.39, 0.29) is 0 Å². The van der Waals surface area contributed by atoms with Gasteiger partial charge in [-0.2, -0.15) is 0 Å². The van der Waals surface area contributed by atoms with Crippen LogP contribution < -0.4 is 11.2 Å². The highest BCUT2D eigenvalue weighted by molar-refractivity contribution is 7.98. The number of fused-ring (bicyclic) bond motifs is 2. The molecule has 10 nitrogen and oxygen atoms in total. The van der Waals surface area contributed by atoms with Crippen LogP contribution in [-0.4, -0.2) is 37.2 Å². The summed E-state index contributed by atoms with van der Waals surface area (Å²) in [5, 5.41) is 0.411. The Hall–Kier alpha value is -3.34. The number of aromatic nitrogens is 5. The molecule has 0 spiro atoms. The fraction of sp³-hybridized carbons (Fsp3) is 0.381. The van der Waals surface area contributed by atoms with Crippen molar-refractivity contribution < 1.29 is 13.9 Å². The highest BCUT2D eigenvalue weighted by Crippen LogP contribution is 2.27. The Morgan fingerprint density at radius 3 is 2.75 bits per heavy atom. The van der Waals surface area contributed by atoms with Crippen LogP contribution in [0.2, 0.25) is 0 Å². The Labute approximate surface area is 186 Å². The minimum Gasteiger partial charge on any atom is -0.465 e. The molecule has 3 heterocycles. The van der Waals surface area contributed by atoms with Crippen molar-refractivity contribution in [2.75, 3.05) is 7.11 Å². The number of aromatic amines is 1. The maximum Gasteiger partial charge on any atom is 0.337 e. The van der Waals surface area contributed by atoms with Crippen molar-refractivity contribution in [2.45, 2.75) is 50.8 Å². The molecule has 0 amide bonds. The van der Waals surface area contributed by atoms with E-state index in [4.69, 9.17) is 9.15 Å². The van der Waals surface area contributed by atoms with Crippen LogP contribution in [0.5, 0.6) is 0 Å². The minimum atomic E-state index is -0.448. The van der Waals surface area contributed by atoms with Gasteiger partial charge in [-0.1, -0.05) is 25.1 Å². The molecule has 11 heteroatoms. The number of unbranched alkanes of at least 4 members (excludes halogenated alkanes) is 1. The average Bonchev–Trinajstić information content (AvgIpc) is 3.37. The molecule has 0 aliphatic rings. The second kappa shape index (κ2) is 9.03. The van der Waals surface area contributed by atoms with Crippen LogP contribution in [0.25, 0.3) is 22.3 Å². The van der Waals surface area contributed by atoms with Crippen molar-refractivity contribution in [2.24, 2.45) is 0 Å². The number of H-pyrrole nitrogens is 1. The van der Waals surface area contributed by atoms with E-state index in [0.717, 1.165) is 12.8 Å². The second-order valence-electron chi connectivity index (χ2n) is 7.15. The number of esters is 1. The lowest BCUT2D eigenvalue weighted by Gasteiger charge is -2.06. The summed E-state index contributed by atoms with van der Waals surface area (Å²) in [5.74, 6) is 0.590. The van der Waals surface area contributed by atoms with Gasteiger partial charge in [-0.05, 0) is 31.5 Å². The number of carbonyl (C=O) groups is 1. The molecule has 0 aliphatic carbocycles. The fourth-order valence-corrected chi connectivity index (χ4v) is 4.32. The van der Waals surface area contributed by atoms with Crippen LogP contribution in [0.3, 0.4) is 0 Å². The number of nitrogens with one attached hydrogen (secondary N) is 1. The maximum atomic E-state index is 12.5. The van der Waals surface area contributed by atoms with E-state index in [9.17, 15) is 14.4 Å². The number of methoxy groups -OCH3 is 1. The first-order valence-electron chi connectivity index (χ1n) is 10.3. The Morgan fingerprint density at radius 1 is 1.22 bits per heavy atom. The number of oxazole rings is 1. The van der Waals surface area contributed by atoms with Crippen LogP contribution in [0.1, 0.15) is 42.9 Å². The van der Waals surface area contributed by atoms with E-state index in [0.29, 0.717) is 57.7 Å². The topological polar surface area (TPSA) is 125 Å². The molecule has 0 aliphatic heterocycles. The maximum absolute atomic E-state index is 12.5. The zero-order chi connectivity index (χ0) is 22.8. The van der Waals surface area contributed by atoms with Gasteiger partial charge in [0.2, 0.25) is 0 Å². The van der Waals surface area contributed by atoms with Gasteiger partial charge in [-0.15, -0.1) is 0 Å². The van der Waals surface area contributed by atoms with E-state index in [1.165, 1.54) is 23.4 Å². The fourth-order valence-electron chi connectivity index (χ4n) is 3.53. The highest BCUT2D eigenvalue weighted by Gasteiger charge is 2.19. The zero-order valence-electron chi connectivity index (χ0n) is 18.0. The van der Waals surface area contributed by atoms with Gasteiger partial charge in [0.15, 0.2) is 16.7 Å². The number of hydrogen-bond donors (Lipinski definition) is 1. The van der Waals surface area contributed by atoms with Crippen LogP contribution in [0.15, 0.2) is 37.4 Å². The molecule has 0 radical (unpaired) electrons. The van der Waals surface area contributed by atoms with Crippen molar-refractivity contribution in [3.8, 4) is 0 Å². The molecule has 1 N–H and O–H groups in total. The van der Waals surface area contributed by atoms with Crippen LogP contribution in [-0.2, 0) is 23.6 Å². The van der Waals surface area contributed by atoms with Crippen LogP contribution in [0.4, 0.5) is 0 Å². The van der Waals surface area contributed by atoms with Crippen LogP contribution in [0, 0.1) is 0 Å². The standard InChI is InChI=1S/C21H23N5O5S/c1-4-6-9-26-17-16(18(27)24-20(26)29)25(5-2)15(23-17)11-32-21-22-13-10-12(19(28)30-3)7-8-14(13)31-21/h7-8,10H,4-6,9,11H2,1-3H3,(H,24,27,29). The highest BCUT2D eigenvalue weighted by atomic mass is 32.2. The zero-order valence-corrected chi connectivity index (χ0v) is 18.8. The Balaban J connectivity index is 1.67. The summed E-state index contributed by atoms with van der Waals surface area (Å²) < 4.78 is 13.8. The molecule has 1 aromatic carbocycles. The van der Waals surface area contributed by atoms with E-state index in [2.05, 4.69) is 15.0 Å². The number of rotatable bonds is 8. The van der Waals surface area contributed by atoms with Crippen molar-refractivity contribution in [1.82, 2.24) is 24.1 Å². The molecule has 0 bridgehead atoms. The first kappa shape index (κ1) is 21.9. The predicted molar refractivity (Wildman–Crippen MR) is 120 cm³/mol. The van der Waals surface area contributed by atoms with Gasteiger partial charge in [0.25, 0.3) is 10.8 Å². The van der Waals surface area contributed by atoms with Crippen molar-refractivity contribution in [3.05, 3.63) is 50.4 Å². The third-order valence-corrected chi connectivity index (χ3v) is 5.95. The number of nitrogens with zero attached hydrogens (tertiary/aromatic N) is 4. The quantitative estimate of drug-likeness (QED) is 0.316. The summed E-state index contributed by atoms with van der Waals surface area (Å²) in [7, 11) is 1.32. The monoisotopic (exact) mass is 457 g/mol. The SMILES string of the molecule is CCCCn1c(=O)[nH]c(=O)c2c1nc(CSc1nc3cc(C(=O)OC)ccc3o1)n2CC. The molecule has 0 saturated heterocycles. The molecule has 0 atom stereocenters. The van der Waals surface area contributed by atoms with Gasteiger partial charge in [-0.3, -0.25) is 14.3 Å². The summed E-state index contributed by atoms with van der Waals surface area (Å²) in [6, 6.07) is 4.90. The summed E-state index contributed by atoms with van der Waals surface area (Å²) in [5.41, 5.74) is 1.38. The molecule has 0 unspecified atom stereocenters. The first-order valence-corrected chi connectivity index (χ1v) is 11.3. The third kappa shape index (κ3) is 3.95. The minimum absolute atomic E-state index is 0.388. The Bertz CT molecular complexity index is 1410. The van der Waals surface area contributed by atoms with Gasteiger partial charge >= 0.3 is 11.7 Å². The molecule has 0 fully saturated rings. The van der Waals surface area contributed by atoms with Gasteiger partial charge in [0, 0.05) is 13.1 Å². The van der Waals surface area contributed by atoms with E-state index < -0.39 is 17.2 Å². The number of imidazole rings is 1. The van der Waals surface area contributed by atoms with Crippen LogP contribution >= 0.6 is 11.8 Å². The third-order valence-electron chi connectivity index (χ3n) is 5.13. The lowest BCUT2D eigenvalue weighted by molar-refractivity contribution is 0.0601. The summed E-state index contributed by atoms with van der Waals surface area (Å²) in [6.07, 6.45) is 1.72. The molecule has 3 aromatic heterocycles. The summed E-state index contributed by atoms with van der Waals surface area (Å²) >= 11 is 1.32. The number of aryl methyl sites for hydroxylation is 2. The van der Waals surface area contributed by atoms with E-state index in [1.54, 1.807) is 22.8 Å². The molecule has 0 saturated carbocycles. The Morgan fingerprint density at radius 2 is 2.03 bits per heavy atom. The van der Waals surface area contributed by atoms with Gasteiger partial charge in [-0.25, -0.2) is 19.6 Å². The number of hydrogen-bond acceptors (Lipinski definition) is 8. The first-order chi connectivity index (χ1) is 15.5. The molecule has 32 heavy (non-hydrogen) atoms. The summed E-state index contributed by atoms with van der Waals surface area (Å²) in [4.78, 5) is 48.1. The molecule has 4 aromatic rings. The van der Waals surface area contributed by atoms with Gasteiger partial charge < -0.3 is 13.7 Å². The van der Waals surface area contributed by atoms with Gasteiger partial charge in [0.05, 0.1) is 18.4 Å². The molecule has 4 rings (SSSR count). The number of carbonyl (C=O) groups excluding carboxylic acids is 1. The van der Waals surface area contributed by atoms with Gasteiger partial charge in [0.1, 0.15) is 11.3 Å². The second-order valence-corrected chi connectivity index (χ2v) is 8.08. The number of ether oxygens (including phenoxy) is 1. The van der Waals surface area contributed by atoms with E-state index in [1.807, 2.05) is 13.8 Å². The number of thioether (sulfide) groups is 1. The molecule has 168 valence electrons. The number of benzene rings is 1. The average molecular weight is 458 g/mol. The van der Waals surface area contributed by atoms with E-state index >= 15 is 0 Å². The van der Waals surface area contributed by atoms with Crippen molar-refractivity contribution in [1.29, 1.82) is 0 Å². The molecular formula is C21H23N5O5S. The van der Waals surface area contributed by atoms with Crippen molar-refractivity contribution in [3.63, 3.8) is 0 Å². The molecular weight excluding hydrogens is 434 g/mol. The lowest BCUT2D eigenvalue weighted by Crippen LogP contribution is -2.31. The predicted octanol–water partition coefficient (Wildman–Crippen LogP) is 2.93. The Kier molecular flexibility index (Phi) is 6.17. The smallest absolute Gasteiger partial charge is 0.337 e. The van der Waals surface area contributed by atoms with Crippen molar-refractivity contribution >= 4 is 40.0 Å². The summed E-state index contributed by atoms with van der Waals surface area (Å²) in [6.45, 7) is 4.97. The normalized spacial score (nSPS) is 11.5.